The van der Waals surface area contributed by atoms with E-state index in [-0.39, 0.29) is 18.3 Å². The number of carbonyl (C=O) groups excluding carboxylic acids is 1. The lowest BCUT2D eigenvalue weighted by Crippen LogP contribution is -2.22. The molecule has 0 saturated heterocycles. The van der Waals surface area contributed by atoms with Crippen molar-refractivity contribution in [1.29, 1.82) is 0 Å². The van der Waals surface area contributed by atoms with E-state index in [9.17, 15) is 4.79 Å². The molecular formula is C14H21ClN2OS. The summed E-state index contributed by atoms with van der Waals surface area (Å²) in [5.74, 6) is 1.21. The summed E-state index contributed by atoms with van der Waals surface area (Å²) in [6.45, 7) is 2.56. The monoisotopic (exact) mass is 300 g/mol. The molecule has 0 atom stereocenters. The molecule has 1 aromatic rings. The van der Waals surface area contributed by atoms with Gasteiger partial charge in [0.1, 0.15) is 0 Å². The van der Waals surface area contributed by atoms with Crippen LogP contribution in [0.15, 0.2) is 18.2 Å². The third kappa shape index (κ3) is 5.05. The molecule has 3 nitrogen and oxygen atoms in total. The molecule has 0 fully saturated rings. The Labute approximate surface area is 125 Å². The average Bonchev–Trinajstić information content (AvgIpc) is 2.84. The molecule has 19 heavy (non-hydrogen) atoms. The first-order chi connectivity index (χ1) is 8.79. The number of benzene rings is 1. The summed E-state index contributed by atoms with van der Waals surface area (Å²) in [5, 5.41) is 6.30. The van der Waals surface area contributed by atoms with Crippen LogP contribution in [0.3, 0.4) is 0 Å². The highest BCUT2D eigenvalue weighted by molar-refractivity contribution is 7.98. The van der Waals surface area contributed by atoms with Crippen molar-refractivity contribution in [1.82, 2.24) is 10.6 Å². The van der Waals surface area contributed by atoms with Gasteiger partial charge in [-0.3, -0.25) is 4.79 Å². The van der Waals surface area contributed by atoms with Crippen LogP contribution in [-0.2, 0) is 24.4 Å². The summed E-state index contributed by atoms with van der Waals surface area (Å²) in [4.78, 5) is 11.6. The minimum atomic E-state index is 0. The van der Waals surface area contributed by atoms with Gasteiger partial charge in [-0.1, -0.05) is 18.2 Å². The minimum absolute atomic E-state index is 0. The molecule has 2 rings (SSSR count). The molecule has 0 bridgehead atoms. The van der Waals surface area contributed by atoms with E-state index in [1.165, 1.54) is 16.7 Å². The van der Waals surface area contributed by atoms with Crippen molar-refractivity contribution < 1.29 is 4.79 Å². The van der Waals surface area contributed by atoms with Gasteiger partial charge < -0.3 is 10.6 Å². The van der Waals surface area contributed by atoms with Crippen LogP contribution in [0.4, 0.5) is 0 Å². The van der Waals surface area contributed by atoms with Crippen LogP contribution in [-0.4, -0.2) is 17.9 Å². The van der Waals surface area contributed by atoms with Crippen molar-refractivity contribution in [3.05, 3.63) is 34.9 Å². The van der Waals surface area contributed by atoms with Crippen LogP contribution in [0.25, 0.3) is 0 Å². The predicted molar refractivity (Wildman–Crippen MR) is 83.7 cm³/mol. The smallest absolute Gasteiger partial charge is 0.220 e. The molecule has 0 aromatic heterocycles. The van der Waals surface area contributed by atoms with Crippen LogP contribution in [0.2, 0.25) is 0 Å². The van der Waals surface area contributed by atoms with Crippen molar-refractivity contribution >= 4 is 30.1 Å². The second-order valence-electron chi connectivity index (χ2n) is 4.58. The van der Waals surface area contributed by atoms with Gasteiger partial charge in [0.15, 0.2) is 0 Å². The normalized spacial score (nSPS) is 12.7. The number of fused-ring (bicyclic) bond motifs is 1. The van der Waals surface area contributed by atoms with Gasteiger partial charge in [0.2, 0.25) is 5.91 Å². The number of halogens is 1. The standard InChI is InChI=1S/C14H20N2OS.ClH/c1-18-6-2-3-14(17)16-8-11-4-5-12-9-15-10-13(12)7-11;/h4-5,7,15H,2-3,6,8-10H2,1H3,(H,16,17);1H. The molecule has 0 radical (unpaired) electrons. The van der Waals surface area contributed by atoms with Crippen LogP contribution in [0.5, 0.6) is 0 Å². The Morgan fingerprint density at radius 1 is 1.37 bits per heavy atom. The minimum Gasteiger partial charge on any atom is -0.352 e. The fraction of sp³-hybridized carbons (Fsp3) is 0.500. The summed E-state index contributed by atoms with van der Waals surface area (Å²) in [6, 6.07) is 6.45. The first kappa shape index (κ1) is 16.3. The predicted octanol–water partition coefficient (Wildman–Crippen LogP) is 2.47. The van der Waals surface area contributed by atoms with E-state index >= 15 is 0 Å². The number of hydrogen-bond donors (Lipinski definition) is 2. The summed E-state index contributed by atoms with van der Waals surface area (Å²) in [5.41, 5.74) is 3.94. The number of thioether (sulfide) groups is 1. The van der Waals surface area contributed by atoms with Gasteiger partial charge in [-0.2, -0.15) is 11.8 Å². The quantitative estimate of drug-likeness (QED) is 0.793. The van der Waals surface area contributed by atoms with Gasteiger partial charge in [-0.05, 0) is 35.1 Å². The van der Waals surface area contributed by atoms with E-state index in [4.69, 9.17) is 0 Å². The summed E-state index contributed by atoms with van der Waals surface area (Å²) in [6.07, 6.45) is 3.66. The highest BCUT2D eigenvalue weighted by Crippen LogP contribution is 2.16. The van der Waals surface area contributed by atoms with Crippen molar-refractivity contribution in [3.8, 4) is 0 Å². The lowest BCUT2D eigenvalue weighted by atomic mass is 10.1. The molecule has 0 saturated carbocycles. The Balaban J connectivity index is 0.00000180. The molecule has 0 aliphatic carbocycles. The average molecular weight is 301 g/mol. The Morgan fingerprint density at radius 3 is 2.95 bits per heavy atom. The fourth-order valence-corrected chi connectivity index (χ4v) is 2.56. The maximum Gasteiger partial charge on any atom is 0.220 e. The highest BCUT2D eigenvalue weighted by Gasteiger charge is 2.10. The van der Waals surface area contributed by atoms with Crippen LogP contribution >= 0.6 is 24.2 Å². The van der Waals surface area contributed by atoms with Crippen molar-refractivity contribution in [2.45, 2.75) is 32.5 Å². The van der Waals surface area contributed by atoms with Gasteiger partial charge in [0.05, 0.1) is 0 Å². The lowest BCUT2D eigenvalue weighted by molar-refractivity contribution is -0.121. The molecule has 106 valence electrons. The largest absolute Gasteiger partial charge is 0.352 e. The Morgan fingerprint density at radius 2 is 2.16 bits per heavy atom. The summed E-state index contributed by atoms with van der Waals surface area (Å²) < 4.78 is 0. The SMILES string of the molecule is CSCCCC(=O)NCc1ccc2c(c1)CNC2.Cl. The van der Waals surface area contributed by atoms with Gasteiger partial charge in [0.25, 0.3) is 0 Å². The fourth-order valence-electron chi connectivity index (χ4n) is 2.12. The third-order valence-corrected chi connectivity index (χ3v) is 3.84. The number of carbonyl (C=O) groups is 1. The third-order valence-electron chi connectivity index (χ3n) is 3.14. The van der Waals surface area contributed by atoms with E-state index in [0.29, 0.717) is 13.0 Å². The zero-order valence-electron chi connectivity index (χ0n) is 11.2. The van der Waals surface area contributed by atoms with E-state index in [1.54, 1.807) is 11.8 Å². The Bertz CT molecular complexity index is 426. The molecular weight excluding hydrogens is 280 g/mol. The van der Waals surface area contributed by atoms with E-state index in [0.717, 1.165) is 25.3 Å². The van der Waals surface area contributed by atoms with Crippen LogP contribution in [0.1, 0.15) is 29.5 Å². The van der Waals surface area contributed by atoms with Crippen molar-refractivity contribution in [2.75, 3.05) is 12.0 Å². The van der Waals surface area contributed by atoms with E-state index in [1.807, 2.05) is 0 Å². The summed E-state index contributed by atoms with van der Waals surface area (Å²) >= 11 is 1.78. The van der Waals surface area contributed by atoms with Crippen molar-refractivity contribution in [2.24, 2.45) is 0 Å². The number of amides is 1. The van der Waals surface area contributed by atoms with Gasteiger partial charge in [-0.25, -0.2) is 0 Å². The van der Waals surface area contributed by atoms with Crippen LogP contribution < -0.4 is 10.6 Å². The summed E-state index contributed by atoms with van der Waals surface area (Å²) in [7, 11) is 0. The second kappa shape index (κ2) is 8.46. The Kier molecular flexibility index (Phi) is 7.28. The lowest BCUT2D eigenvalue weighted by Gasteiger charge is -2.07. The first-order valence-corrected chi connectivity index (χ1v) is 7.76. The second-order valence-corrected chi connectivity index (χ2v) is 5.57. The van der Waals surface area contributed by atoms with E-state index < -0.39 is 0 Å². The zero-order chi connectivity index (χ0) is 12.8. The number of hydrogen-bond acceptors (Lipinski definition) is 3. The van der Waals surface area contributed by atoms with Gasteiger partial charge in [-0.15, -0.1) is 12.4 Å². The molecule has 1 amide bonds. The number of nitrogens with one attached hydrogen (secondary N) is 2. The van der Waals surface area contributed by atoms with Crippen molar-refractivity contribution in [3.63, 3.8) is 0 Å². The molecule has 5 heteroatoms. The Hall–Kier alpha value is -0.710. The molecule has 1 aliphatic heterocycles. The molecule has 1 heterocycles. The molecule has 0 unspecified atom stereocenters. The molecule has 2 N–H and O–H groups in total. The maximum absolute atomic E-state index is 11.6. The zero-order valence-corrected chi connectivity index (χ0v) is 12.8. The topological polar surface area (TPSA) is 41.1 Å². The first-order valence-electron chi connectivity index (χ1n) is 6.36. The number of rotatable bonds is 6. The molecule has 0 spiro atoms. The van der Waals surface area contributed by atoms with Gasteiger partial charge in [0, 0.05) is 26.1 Å². The van der Waals surface area contributed by atoms with Crippen LogP contribution in [0, 0.1) is 0 Å². The van der Waals surface area contributed by atoms with Gasteiger partial charge >= 0.3 is 0 Å². The highest BCUT2D eigenvalue weighted by atomic mass is 35.5. The molecule has 1 aromatic carbocycles. The molecule has 1 aliphatic rings. The maximum atomic E-state index is 11.6. The van der Waals surface area contributed by atoms with E-state index in [2.05, 4.69) is 35.1 Å².